The molecule has 6 aliphatic heterocycles. The van der Waals surface area contributed by atoms with Gasteiger partial charge in [-0.15, -0.1) is 0 Å². The van der Waals surface area contributed by atoms with Crippen molar-refractivity contribution in [3.8, 4) is 5.75 Å². The van der Waals surface area contributed by atoms with Gasteiger partial charge in [0.05, 0.1) is 13.2 Å². The summed E-state index contributed by atoms with van der Waals surface area (Å²) in [7, 11) is -25.8. The minimum Gasteiger partial charge on any atom is -0.494 e. The summed E-state index contributed by atoms with van der Waals surface area (Å²) in [6.45, 7) is 33.7. The van der Waals surface area contributed by atoms with Crippen molar-refractivity contribution in [2.45, 2.75) is 232 Å². The fraction of sp³-hybridized carbons (Fsp3) is 0.849. The van der Waals surface area contributed by atoms with Crippen LogP contribution in [0.1, 0.15) is 171 Å². The van der Waals surface area contributed by atoms with Crippen LogP contribution in [0.15, 0.2) is 24.3 Å². The molecule has 8 unspecified atom stereocenters. The summed E-state index contributed by atoms with van der Waals surface area (Å²) < 4.78 is 79.3. The summed E-state index contributed by atoms with van der Waals surface area (Å²) in [5.74, 6) is 3.09. The molecule has 6 fully saturated rings. The summed E-state index contributed by atoms with van der Waals surface area (Å²) in [6.07, 6.45) is 10.6. The molecule has 418 valence electrons. The smallest absolute Gasteiger partial charge is 0.322 e. The first-order chi connectivity index (χ1) is 34.3. The largest absolute Gasteiger partial charge is 0.494 e. The molecule has 0 radical (unpaired) electrons. The van der Waals surface area contributed by atoms with Gasteiger partial charge in [0.2, 0.25) is 0 Å². The average molecular weight is 1160 g/mol. The third-order valence-electron chi connectivity index (χ3n) is 14.7. The van der Waals surface area contributed by atoms with E-state index < -0.39 is 68.5 Å². The molecule has 7 rings (SSSR count). The number of unbranched alkanes of at least 4 members (excludes halogenated alkanes) is 7. The van der Waals surface area contributed by atoms with Crippen molar-refractivity contribution in [1.82, 2.24) is 0 Å². The van der Waals surface area contributed by atoms with Crippen molar-refractivity contribution in [2.75, 3.05) is 13.2 Å². The lowest BCUT2D eigenvalue weighted by molar-refractivity contribution is -0.143. The van der Waals surface area contributed by atoms with Crippen molar-refractivity contribution in [2.24, 2.45) is 41.4 Å². The molecule has 8 bridgehead atoms. The van der Waals surface area contributed by atoms with E-state index in [1.165, 1.54) is 19.3 Å². The Hall–Kier alpha value is -0.425. The van der Waals surface area contributed by atoms with Crippen LogP contribution in [0.3, 0.4) is 0 Å². The molecule has 1 aromatic carbocycles. The second-order valence-corrected chi connectivity index (χ2v) is 56.6. The van der Waals surface area contributed by atoms with E-state index in [1.54, 1.807) is 12.1 Å². The third kappa shape index (κ3) is 17.5. The highest BCUT2D eigenvalue weighted by atomic mass is 28.6. The highest BCUT2D eigenvalue weighted by molar-refractivity contribution is 7.13. The maximum Gasteiger partial charge on any atom is 0.322 e. The lowest BCUT2D eigenvalue weighted by Gasteiger charge is -2.66. The van der Waals surface area contributed by atoms with Gasteiger partial charge in [0, 0.05) is 34.7 Å². The molecule has 0 N–H and O–H groups in total. The Kier molecular flexibility index (Phi) is 22.2. The minimum absolute atomic E-state index is 0.113. The Morgan fingerprint density at radius 2 is 0.726 bits per heavy atom. The number of ether oxygens (including phenoxy) is 2. The first kappa shape index (κ1) is 61.8. The average Bonchev–Trinajstić information content (AvgIpc) is 3.19. The van der Waals surface area contributed by atoms with E-state index >= 15 is 0 Å². The number of esters is 1. The van der Waals surface area contributed by atoms with Crippen molar-refractivity contribution in [1.29, 1.82) is 0 Å². The first-order valence-electron chi connectivity index (χ1n) is 29.3. The van der Waals surface area contributed by atoms with Crippen molar-refractivity contribution in [3.05, 3.63) is 29.8 Å². The summed E-state index contributed by atoms with van der Waals surface area (Å²) >= 11 is 0. The Morgan fingerprint density at radius 1 is 0.425 bits per heavy atom. The number of rotatable bonds is 31. The van der Waals surface area contributed by atoms with E-state index in [4.69, 9.17) is 42.4 Å². The molecular formula is C53H102O12Si8. The van der Waals surface area contributed by atoms with E-state index in [2.05, 4.69) is 96.9 Å². The Balaban J connectivity index is 1.26. The van der Waals surface area contributed by atoms with Crippen molar-refractivity contribution < 1.29 is 52.0 Å². The van der Waals surface area contributed by atoms with E-state index in [-0.39, 0.29) is 5.97 Å². The highest BCUT2D eigenvalue weighted by Crippen LogP contribution is 2.59. The molecule has 20 heteroatoms. The SMILES string of the molecule is CC(C)C[Si]12C[Si]3(CC(C)C)O[Si]4(CC(C)C)C[Si]5(CC(C)C)O[Si](CC(C)C)(C[Si](CCCOC(=O)CCCCCCCCCCOc6ccc(C=O)cc6)(O1)O4)O[Si](CC(C)C)(C[Si](CC(C)C)(O3)O5)O2. The standard InChI is InChI=1S/C53H102O12Si8/c1-44(2)33-67-40-66(31-23-30-57-53(55)24-21-19-17-15-16-18-20-22-29-56-52-27-25-51(32-54)26-28-52)58-68(34-45(3)4)41-70(60-67,36-47(7)8)64-73(39-50(13)14)43-72(61-67,38-49(11)12)63-69(59-66,35-46(5)6)42-71(62-68,65-73)37-48(9)10/h25-28,32,44-50H,15-24,29-31,33-43H2,1-14H3. The normalized spacial score (nSPS) is 33.0. The van der Waals surface area contributed by atoms with E-state index in [0.29, 0.717) is 84.8 Å². The second kappa shape index (κ2) is 26.2. The summed E-state index contributed by atoms with van der Waals surface area (Å²) in [4.78, 5) is 24.3. The monoisotopic (exact) mass is 1150 g/mol. The van der Waals surface area contributed by atoms with Gasteiger partial charge in [-0.3, -0.25) is 9.59 Å². The number of hydrogen-bond donors (Lipinski definition) is 0. The van der Waals surface area contributed by atoms with Gasteiger partial charge in [0.1, 0.15) is 12.0 Å². The highest BCUT2D eigenvalue weighted by Gasteiger charge is 2.79. The molecular weight excluding hydrogens is 1050 g/mol. The van der Waals surface area contributed by atoms with Gasteiger partial charge in [-0.1, -0.05) is 135 Å². The van der Waals surface area contributed by atoms with Crippen LogP contribution in [0, 0.1) is 41.4 Å². The molecule has 0 amide bonds. The van der Waals surface area contributed by atoms with Gasteiger partial charge in [-0.2, -0.15) is 0 Å². The van der Waals surface area contributed by atoms with E-state index in [0.717, 1.165) is 103 Å². The Bertz CT molecular complexity index is 1750. The molecule has 6 aliphatic rings. The van der Waals surface area contributed by atoms with E-state index in [9.17, 15) is 9.59 Å². The molecule has 6 saturated heterocycles. The molecule has 0 aromatic heterocycles. The number of carbonyl (C=O) groups excluding carboxylic acids is 2. The zero-order valence-corrected chi connectivity index (χ0v) is 56.3. The summed E-state index contributed by atoms with van der Waals surface area (Å²) in [5, 5.41) is 0. The molecule has 8 atom stereocenters. The summed E-state index contributed by atoms with van der Waals surface area (Å²) in [6, 6.07) is 14.0. The minimum atomic E-state index is -3.34. The fourth-order valence-corrected chi connectivity index (χ4v) is 87.4. The van der Waals surface area contributed by atoms with Gasteiger partial charge >= 0.3 is 74.5 Å². The Labute approximate surface area is 452 Å². The molecule has 0 saturated carbocycles. The molecule has 0 spiro atoms. The van der Waals surface area contributed by atoms with Crippen LogP contribution in [0.5, 0.6) is 5.75 Å². The van der Waals surface area contributed by atoms with Gasteiger partial charge in [-0.05, 0) is 133 Å². The van der Waals surface area contributed by atoms with Gasteiger partial charge < -0.3 is 42.4 Å². The zero-order chi connectivity index (χ0) is 53.4. The molecule has 0 aliphatic carbocycles. The van der Waals surface area contributed by atoms with Crippen molar-refractivity contribution >= 4 is 80.7 Å². The van der Waals surface area contributed by atoms with Crippen LogP contribution in [0.2, 0.25) is 71.0 Å². The Morgan fingerprint density at radius 3 is 1.05 bits per heavy atom. The van der Waals surface area contributed by atoms with Crippen molar-refractivity contribution in [3.63, 3.8) is 0 Å². The first-order valence-corrected chi connectivity index (χ1v) is 47.1. The van der Waals surface area contributed by atoms with Gasteiger partial charge in [0.15, 0.2) is 0 Å². The predicted molar refractivity (Wildman–Crippen MR) is 311 cm³/mol. The van der Waals surface area contributed by atoms with Crippen LogP contribution in [-0.4, -0.2) is 94.0 Å². The number of benzene rings is 1. The molecule has 6 heterocycles. The topological polar surface area (TPSA) is 126 Å². The van der Waals surface area contributed by atoms with Crippen LogP contribution < -0.4 is 4.74 Å². The van der Waals surface area contributed by atoms with Crippen LogP contribution >= 0.6 is 0 Å². The number of aldehydes is 1. The third-order valence-corrected chi connectivity index (χ3v) is 66.9. The molecule has 12 nitrogen and oxygen atoms in total. The van der Waals surface area contributed by atoms with Crippen LogP contribution in [0.4, 0.5) is 0 Å². The maximum atomic E-state index is 13.4. The van der Waals surface area contributed by atoms with Gasteiger partial charge in [0.25, 0.3) is 0 Å². The van der Waals surface area contributed by atoms with Gasteiger partial charge in [-0.25, -0.2) is 0 Å². The number of carbonyl (C=O) groups is 2. The zero-order valence-electron chi connectivity index (χ0n) is 48.3. The maximum absolute atomic E-state index is 13.4. The molecule has 1 aromatic rings. The lowest BCUT2D eigenvalue weighted by Crippen LogP contribution is -2.85. The summed E-state index contributed by atoms with van der Waals surface area (Å²) in [5.41, 5.74) is 3.63. The lowest BCUT2D eigenvalue weighted by atomic mass is 10.1. The fourth-order valence-electron chi connectivity index (χ4n) is 13.6. The molecule has 73 heavy (non-hydrogen) atoms. The van der Waals surface area contributed by atoms with Crippen LogP contribution in [0.25, 0.3) is 0 Å². The van der Waals surface area contributed by atoms with E-state index in [1.807, 2.05) is 12.1 Å². The second-order valence-electron chi connectivity index (χ2n) is 26.4. The van der Waals surface area contributed by atoms with Crippen LogP contribution in [-0.2, 0) is 42.5 Å². The quantitative estimate of drug-likeness (QED) is 0.0304. The predicted octanol–water partition coefficient (Wildman–Crippen LogP) is 14.8. The number of hydrogen-bond acceptors (Lipinski definition) is 12.